The quantitative estimate of drug-likeness (QED) is 0.742. The van der Waals surface area contributed by atoms with Crippen molar-refractivity contribution in [2.24, 2.45) is 10.2 Å². The van der Waals surface area contributed by atoms with Gasteiger partial charge < -0.3 is 11.5 Å². The van der Waals surface area contributed by atoms with Crippen LogP contribution in [0.25, 0.3) is 0 Å². The van der Waals surface area contributed by atoms with E-state index in [2.05, 4.69) is 36.4 Å². The summed E-state index contributed by atoms with van der Waals surface area (Å²) in [5.41, 5.74) is 11.8. The molecule has 0 aliphatic rings. The Kier molecular flexibility index (Phi) is 3.05. The third-order valence-electron chi connectivity index (χ3n) is 1.96. The Morgan fingerprint density at radius 3 is 2.65 bits per heavy atom. The van der Waals surface area contributed by atoms with Crippen molar-refractivity contribution in [3.63, 3.8) is 0 Å². The average Bonchev–Trinajstić information content (AvgIpc) is 2.58. The number of rotatable bonds is 2. The second-order valence-electron chi connectivity index (χ2n) is 3.17. The van der Waals surface area contributed by atoms with Crippen LogP contribution < -0.4 is 11.5 Å². The third kappa shape index (κ3) is 2.41. The highest BCUT2D eigenvalue weighted by Gasteiger charge is 2.07. The molecule has 0 aliphatic heterocycles. The van der Waals surface area contributed by atoms with Gasteiger partial charge in [0.1, 0.15) is 17.3 Å². The molecule has 2 rings (SSSR count). The first-order valence-electron chi connectivity index (χ1n) is 4.54. The van der Waals surface area contributed by atoms with E-state index in [1.165, 1.54) is 18.2 Å². The van der Waals surface area contributed by atoms with Gasteiger partial charge in [-0.2, -0.15) is 5.10 Å². The fourth-order valence-electron chi connectivity index (χ4n) is 1.14. The lowest BCUT2D eigenvalue weighted by Crippen LogP contribution is -1.84. The van der Waals surface area contributed by atoms with E-state index in [1.807, 2.05) is 0 Å². The number of aromatic amines is 1. The molecule has 0 saturated heterocycles. The van der Waals surface area contributed by atoms with Gasteiger partial charge in [-0.15, -0.1) is 10.2 Å². The zero-order valence-corrected chi connectivity index (χ0v) is 10.1. The lowest BCUT2D eigenvalue weighted by atomic mass is 10.3. The van der Waals surface area contributed by atoms with Crippen molar-refractivity contribution in [1.29, 1.82) is 0 Å². The normalized spacial score (nSPS) is 11.2. The number of nitrogen functional groups attached to an aromatic ring is 2. The summed E-state index contributed by atoms with van der Waals surface area (Å²) in [6.07, 6.45) is 0. The third-order valence-corrected chi connectivity index (χ3v) is 2.60. The number of azo groups is 1. The van der Waals surface area contributed by atoms with Gasteiger partial charge in [0.25, 0.3) is 0 Å². The van der Waals surface area contributed by atoms with E-state index in [0.717, 1.165) is 0 Å². The molecular formula is C9H8BrFN6. The number of hydrogen-bond acceptors (Lipinski definition) is 5. The number of aromatic nitrogens is 2. The number of anilines is 2. The van der Waals surface area contributed by atoms with Crippen molar-refractivity contribution < 1.29 is 4.39 Å². The van der Waals surface area contributed by atoms with Gasteiger partial charge in [0.2, 0.25) is 0 Å². The molecule has 0 radical (unpaired) electrons. The number of nitrogens with one attached hydrogen (secondary N) is 1. The van der Waals surface area contributed by atoms with E-state index >= 15 is 0 Å². The molecule has 1 aromatic heterocycles. The second kappa shape index (κ2) is 4.50. The molecule has 0 atom stereocenters. The minimum Gasteiger partial charge on any atom is -0.382 e. The van der Waals surface area contributed by atoms with Crippen LogP contribution in [0.1, 0.15) is 0 Å². The minimum atomic E-state index is -0.363. The molecule has 0 aliphatic carbocycles. The molecule has 17 heavy (non-hydrogen) atoms. The molecule has 5 N–H and O–H groups in total. The van der Waals surface area contributed by atoms with E-state index in [4.69, 9.17) is 11.5 Å². The maximum atomic E-state index is 12.8. The van der Waals surface area contributed by atoms with Crippen LogP contribution in [0.4, 0.5) is 27.4 Å². The van der Waals surface area contributed by atoms with Crippen molar-refractivity contribution in [3.05, 3.63) is 28.5 Å². The molecule has 0 bridgehead atoms. The molecule has 88 valence electrons. The molecule has 2 aromatic rings. The Bertz CT molecular complexity index is 559. The fraction of sp³-hybridized carbons (Fsp3) is 0. The topological polar surface area (TPSA) is 105 Å². The Hall–Kier alpha value is -1.96. The molecule has 6 nitrogen and oxygen atoms in total. The number of nitrogens with two attached hydrogens (primary N) is 2. The Morgan fingerprint density at radius 2 is 2.06 bits per heavy atom. The monoisotopic (exact) mass is 298 g/mol. The van der Waals surface area contributed by atoms with Gasteiger partial charge in [-0.05, 0) is 34.1 Å². The first-order chi connectivity index (χ1) is 8.08. The van der Waals surface area contributed by atoms with Crippen LogP contribution in [0.2, 0.25) is 0 Å². The van der Waals surface area contributed by atoms with Crippen LogP contribution in [-0.4, -0.2) is 10.2 Å². The van der Waals surface area contributed by atoms with Gasteiger partial charge in [-0.3, -0.25) is 5.10 Å². The zero-order chi connectivity index (χ0) is 12.4. The number of nitrogens with zero attached hydrogens (tertiary/aromatic N) is 3. The van der Waals surface area contributed by atoms with Crippen molar-refractivity contribution >= 4 is 38.9 Å². The van der Waals surface area contributed by atoms with Gasteiger partial charge in [0.05, 0.1) is 0 Å². The average molecular weight is 299 g/mol. The Balaban J connectivity index is 2.32. The standard InChI is InChI=1S/C9H8BrFN6/c10-5-3-4(11)1-2-6(5)14-15-7-8(12)16-17-9(7)13/h1-3H,(H5,12,13,16,17). The predicted molar refractivity (Wildman–Crippen MR) is 65.7 cm³/mol. The molecule has 8 heteroatoms. The van der Waals surface area contributed by atoms with Crippen LogP contribution >= 0.6 is 15.9 Å². The number of H-pyrrole nitrogens is 1. The van der Waals surface area contributed by atoms with Crippen molar-refractivity contribution in [3.8, 4) is 0 Å². The molecular weight excluding hydrogens is 291 g/mol. The minimum absolute atomic E-state index is 0.157. The van der Waals surface area contributed by atoms with Crippen LogP contribution in [0.3, 0.4) is 0 Å². The van der Waals surface area contributed by atoms with Gasteiger partial charge in [-0.25, -0.2) is 4.39 Å². The van der Waals surface area contributed by atoms with Crippen molar-refractivity contribution in [2.45, 2.75) is 0 Å². The highest BCUT2D eigenvalue weighted by molar-refractivity contribution is 9.10. The van der Waals surface area contributed by atoms with E-state index in [9.17, 15) is 4.39 Å². The summed E-state index contributed by atoms with van der Waals surface area (Å²) in [7, 11) is 0. The maximum absolute atomic E-state index is 12.8. The largest absolute Gasteiger partial charge is 0.382 e. The van der Waals surface area contributed by atoms with Gasteiger partial charge in [0.15, 0.2) is 11.5 Å². The van der Waals surface area contributed by atoms with Crippen LogP contribution in [0.5, 0.6) is 0 Å². The second-order valence-corrected chi connectivity index (χ2v) is 4.02. The lowest BCUT2D eigenvalue weighted by molar-refractivity contribution is 0.627. The van der Waals surface area contributed by atoms with Crippen molar-refractivity contribution in [2.75, 3.05) is 11.5 Å². The first-order valence-corrected chi connectivity index (χ1v) is 5.33. The van der Waals surface area contributed by atoms with E-state index < -0.39 is 0 Å². The smallest absolute Gasteiger partial charge is 0.175 e. The Labute approximate surface area is 104 Å². The van der Waals surface area contributed by atoms with Crippen LogP contribution in [0, 0.1) is 5.82 Å². The highest BCUT2D eigenvalue weighted by Crippen LogP contribution is 2.31. The van der Waals surface area contributed by atoms with Crippen LogP contribution in [0.15, 0.2) is 32.9 Å². The number of hydrogen-bond donors (Lipinski definition) is 3. The van der Waals surface area contributed by atoms with Crippen molar-refractivity contribution in [1.82, 2.24) is 10.2 Å². The van der Waals surface area contributed by atoms with Gasteiger partial charge in [0, 0.05) is 4.47 Å². The molecule has 0 saturated carbocycles. The molecule has 0 unspecified atom stereocenters. The van der Waals surface area contributed by atoms with E-state index in [1.54, 1.807) is 0 Å². The summed E-state index contributed by atoms with van der Waals surface area (Å²) in [5, 5.41) is 13.9. The lowest BCUT2D eigenvalue weighted by Gasteiger charge is -1.96. The summed E-state index contributed by atoms with van der Waals surface area (Å²) >= 11 is 3.17. The predicted octanol–water partition coefficient (Wildman–Crippen LogP) is 2.89. The fourth-order valence-corrected chi connectivity index (χ4v) is 1.57. The Morgan fingerprint density at radius 1 is 1.29 bits per heavy atom. The number of benzene rings is 1. The molecule has 1 aromatic carbocycles. The van der Waals surface area contributed by atoms with Gasteiger partial charge in [-0.1, -0.05) is 0 Å². The molecule has 0 spiro atoms. The summed E-state index contributed by atoms with van der Waals surface area (Å²) in [4.78, 5) is 0. The summed E-state index contributed by atoms with van der Waals surface area (Å²) in [5.74, 6) is 0.0205. The van der Waals surface area contributed by atoms with E-state index in [-0.39, 0.29) is 23.1 Å². The van der Waals surface area contributed by atoms with Gasteiger partial charge >= 0.3 is 0 Å². The first kappa shape index (κ1) is 11.5. The van der Waals surface area contributed by atoms with E-state index in [0.29, 0.717) is 10.2 Å². The summed E-state index contributed by atoms with van der Waals surface area (Å²) < 4.78 is 13.3. The molecule has 0 amide bonds. The van der Waals surface area contributed by atoms with Crippen LogP contribution in [-0.2, 0) is 0 Å². The highest BCUT2D eigenvalue weighted by atomic mass is 79.9. The zero-order valence-electron chi connectivity index (χ0n) is 8.48. The molecule has 0 fully saturated rings. The summed E-state index contributed by atoms with van der Waals surface area (Å²) in [6.45, 7) is 0. The number of halogens is 2. The maximum Gasteiger partial charge on any atom is 0.175 e. The SMILES string of the molecule is Nc1n[nH]c(N)c1N=Nc1ccc(F)cc1Br. The summed E-state index contributed by atoms with van der Waals surface area (Å²) in [6, 6.07) is 4.05. The molecule has 1 heterocycles.